The van der Waals surface area contributed by atoms with Crippen molar-refractivity contribution in [2.75, 3.05) is 26.7 Å². The first-order valence-corrected chi connectivity index (χ1v) is 8.72. The van der Waals surface area contributed by atoms with Crippen LogP contribution < -0.4 is 5.32 Å². The zero-order valence-corrected chi connectivity index (χ0v) is 14.0. The fourth-order valence-electron chi connectivity index (χ4n) is 3.75. The molecule has 1 aliphatic carbocycles. The molecule has 2 nitrogen and oxygen atoms in total. The van der Waals surface area contributed by atoms with Crippen LogP contribution in [-0.2, 0) is 0 Å². The molecular weight excluding hydrogens is 287 g/mol. The van der Waals surface area contributed by atoms with Crippen LogP contribution in [0.3, 0.4) is 0 Å². The summed E-state index contributed by atoms with van der Waals surface area (Å²) in [4.78, 5) is 2.46. The lowest BCUT2D eigenvalue weighted by atomic mass is 9.88. The lowest BCUT2D eigenvalue weighted by molar-refractivity contribution is 0.224. The van der Waals surface area contributed by atoms with Gasteiger partial charge in [0.05, 0.1) is 0 Å². The van der Waals surface area contributed by atoms with Gasteiger partial charge < -0.3 is 10.2 Å². The predicted molar refractivity (Wildman–Crippen MR) is 93.8 cm³/mol. The smallest absolute Gasteiger partial charge is 0.123 e. The molecule has 0 spiro atoms. The Kier molecular flexibility index (Phi) is 5.63. The van der Waals surface area contributed by atoms with Gasteiger partial charge in [-0.2, -0.15) is 0 Å². The fourth-order valence-corrected chi connectivity index (χ4v) is 3.75. The van der Waals surface area contributed by atoms with Crippen molar-refractivity contribution in [3.63, 3.8) is 0 Å². The minimum atomic E-state index is -0.157. The van der Waals surface area contributed by atoms with E-state index in [1.54, 1.807) is 17.7 Å². The Labute approximate surface area is 139 Å². The average molecular weight is 314 g/mol. The van der Waals surface area contributed by atoms with Gasteiger partial charge in [-0.15, -0.1) is 0 Å². The lowest BCUT2D eigenvalue weighted by Gasteiger charge is -2.33. The van der Waals surface area contributed by atoms with Crippen LogP contribution in [0.1, 0.15) is 37.3 Å². The molecule has 124 valence electrons. The molecule has 0 radical (unpaired) electrons. The van der Waals surface area contributed by atoms with Gasteiger partial charge in [0.1, 0.15) is 5.82 Å². The summed E-state index contributed by atoms with van der Waals surface area (Å²) < 4.78 is 13.1. The molecule has 23 heavy (non-hydrogen) atoms. The van der Waals surface area contributed by atoms with Crippen LogP contribution in [-0.4, -0.2) is 31.6 Å². The van der Waals surface area contributed by atoms with Crippen molar-refractivity contribution in [2.24, 2.45) is 5.92 Å². The average Bonchev–Trinajstić information content (AvgIpc) is 2.56. The first-order chi connectivity index (χ1) is 11.2. The van der Waals surface area contributed by atoms with Crippen molar-refractivity contribution in [2.45, 2.75) is 31.7 Å². The quantitative estimate of drug-likeness (QED) is 0.881. The normalized spacial score (nSPS) is 24.7. The van der Waals surface area contributed by atoms with E-state index in [9.17, 15) is 4.39 Å². The predicted octanol–water partition coefficient (Wildman–Crippen LogP) is 4.07. The third kappa shape index (κ3) is 4.76. The highest BCUT2D eigenvalue weighted by Gasteiger charge is 2.23. The number of piperidine rings is 1. The highest BCUT2D eigenvalue weighted by atomic mass is 19.1. The summed E-state index contributed by atoms with van der Waals surface area (Å²) >= 11 is 0. The molecule has 1 heterocycles. The van der Waals surface area contributed by atoms with Gasteiger partial charge >= 0.3 is 0 Å². The second-order valence-corrected chi connectivity index (χ2v) is 6.94. The van der Waals surface area contributed by atoms with Crippen LogP contribution in [0.5, 0.6) is 0 Å². The second kappa shape index (κ2) is 7.89. The van der Waals surface area contributed by atoms with Crippen LogP contribution >= 0.6 is 0 Å². The summed E-state index contributed by atoms with van der Waals surface area (Å²) in [6.45, 7) is 3.27. The highest BCUT2D eigenvalue weighted by molar-refractivity contribution is 5.21. The molecule has 1 aromatic rings. The standard InChI is InChI=1S/C20H27FN2/c1-23(14-16-5-3-2-4-6-16)15-17-11-12-22-20(13-17)18-7-9-19(21)10-8-18/h2-3,5,7-10,17,20,22H,4,6,11-15H2,1H3. The van der Waals surface area contributed by atoms with E-state index in [-0.39, 0.29) is 5.82 Å². The molecule has 0 amide bonds. The molecule has 2 unspecified atom stereocenters. The summed E-state index contributed by atoms with van der Waals surface area (Å²) in [7, 11) is 2.23. The Balaban J connectivity index is 1.52. The Morgan fingerprint density at radius 3 is 2.83 bits per heavy atom. The first kappa shape index (κ1) is 16.4. The van der Waals surface area contributed by atoms with E-state index in [1.807, 2.05) is 12.1 Å². The molecule has 0 aromatic heterocycles. The van der Waals surface area contributed by atoms with Crippen molar-refractivity contribution in [3.05, 3.63) is 59.4 Å². The van der Waals surface area contributed by atoms with Crippen LogP contribution in [0.25, 0.3) is 0 Å². The van der Waals surface area contributed by atoms with Gasteiger partial charge in [-0.05, 0) is 62.9 Å². The number of nitrogens with one attached hydrogen (secondary N) is 1. The van der Waals surface area contributed by atoms with E-state index in [2.05, 4.69) is 35.5 Å². The topological polar surface area (TPSA) is 15.3 Å². The summed E-state index contributed by atoms with van der Waals surface area (Å²) in [5, 5.41) is 3.58. The lowest BCUT2D eigenvalue weighted by Crippen LogP contribution is -2.37. The molecule has 1 saturated heterocycles. The summed E-state index contributed by atoms with van der Waals surface area (Å²) in [5.74, 6) is 0.548. The number of likely N-dealkylation sites (N-methyl/N-ethyl adjacent to an activating group) is 1. The number of hydrogen-bond donors (Lipinski definition) is 1. The van der Waals surface area contributed by atoms with Gasteiger partial charge in [0.25, 0.3) is 0 Å². The zero-order valence-electron chi connectivity index (χ0n) is 14.0. The number of rotatable bonds is 5. The van der Waals surface area contributed by atoms with Gasteiger partial charge in [-0.1, -0.05) is 35.9 Å². The molecule has 2 atom stereocenters. The van der Waals surface area contributed by atoms with Gasteiger partial charge in [-0.3, -0.25) is 0 Å². The molecule has 0 saturated carbocycles. The van der Waals surface area contributed by atoms with Crippen LogP contribution in [0.4, 0.5) is 4.39 Å². The van der Waals surface area contributed by atoms with Gasteiger partial charge in [0.15, 0.2) is 0 Å². The van der Waals surface area contributed by atoms with E-state index < -0.39 is 0 Å². The largest absolute Gasteiger partial charge is 0.310 e. The SMILES string of the molecule is CN(CC1=CC=CCC1)CC1CCNC(c2ccc(F)cc2)C1. The number of hydrogen-bond acceptors (Lipinski definition) is 2. The van der Waals surface area contributed by atoms with Crippen molar-refractivity contribution in [3.8, 4) is 0 Å². The molecule has 3 rings (SSSR count). The molecule has 0 bridgehead atoms. The van der Waals surface area contributed by atoms with Crippen LogP contribution in [0.15, 0.2) is 48.1 Å². The zero-order chi connectivity index (χ0) is 16.1. The van der Waals surface area contributed by atoms with E-state index in [0.717, 1.165) is 26.1 Å². The van der Waals surface area contributed by atoms with Gasteiger partial charge in [-0.25, -0.2) is 4.39 Å². The molecule has 2 aliphatic rings. The van der Waals surface area contributed by atoms with Crippen molar-refractivity contribution < 1.29 is 4.39 Å². The summed E-state index contributed by atoms with van der Waals surface area (Å²) in [5.41, 5.74) is 2.75. The molecule has 1 N–H and O–H groups in total. The second-order valence-electron chi connectivity index (χ2n) is 6.94. The summed E-state index contributed by atoms with van der Waals surface area (Å²) in [6.07, 6.45) is 11.4. The van der Waals surface area contributed by atoms with Crippen LogP contribution in [0.2, 0.25) is 0 Å². The molecule has 1 fully saturated rings. The minimum absolute atomic E-state index is 0.157. The monoisotopic (exact) mass is 314 g/mol. The third-order valence-electron chi connectivity index (χ3n) is 4.93. The Bertz CT molecular complexity index is 562. The Hall–Kier alpha value is -1.45. The fraction of sp³-hybridized carbons (Fsp3) is 0.500. The third-order valence-corrected chi connectivity index (χ3v) is 4.93. The van der Waals surface area contributed by atoms with E-state index in [4.69, 9.17) is 0 Å². The van der Waals surface area contributed by atoms with Crippen molar-refractivity contribution in [1.29, 1.82) is 0 Å². The number of halogens is 1. The molecule has 1 aliphatic heterocycles. The Morgan fingerprint density at radius 1 is 1.26 bits per heavy atom. The van der Waals surface area contributed by atoms with E-state index in [0.29, 0.717) is 12.0 Å². The van der Waals surface area contributed by atoms with E-state index in [1.165, 1.54) is 24.8 Å². The molecular formula is C20H27FN2. The van der Waals surface area contributed by atoms with Gasteiger partial charge in [0.2, 0.25) is 0 Å². The van der Waals surface area contributed by atoms with Crippen LogP contribution in [0, 0.1) is 11.7 Å². The maximum atomic E-state index is 13.1. The maximum Gasteiger partial charge on any atom is 0.123 e. The van der Waals surface area contributed by atoms with Gasteiger partial charge in [0, 0.05) is 19.1 Å². The number of allylic oxidation sites excluding steroid dienone is 3. The number of benzene rings is 1. The molecule has 1 aromatic carbocycles. The molecule has 3 heteroatoms. The highest BCUT2D eigenvalue weighted by Crippen LogP contribution is 2.28. The minimum Gasteiger partial charge on any atom is -0.310 e. The Morgan fingerprint density at radius 2 is 2.09 bits per heavy atom. The maximum absolute atomic E-state index is 13.1. The van der Waals surface area contributed by atoms with E-state index >= 15 is 0 Å². The summed E-state index contributed by atoms with van der Waals surface area (Å²) in [6, 6.07) is 7.32. The van der Waals surface area contributed by atoms with Crippen molar-refractivity contribution >= 4 is 0 Å². The first-order valence-electron chi connectivity index (χ1n) is 8.72. The number of nitrogens with zero attached hydrogens (tertiary/aromatic N) is 1. The van der Waals surface area contributed by atoms with Crippen molar-refractivity contribution in [1.82, 2.24) is 10.2 Å².